The number of aromatic nitrogens is 1. The molecule has 0 radical (unpaired) electrons. The molecule has 0 bridgehead atoms. The zero-order valence-electron chi connectivity index (χ0n) is 16.5. The van der Waals surface area contributed by atoms with Gasteiger partial charge in [0.15, 0.2) is 0 Å². The van der Waals surface area contributed by atoms with E-state index in [1.54, 1.807) is 48.7 Å². The third-order valence-electron chi connectivity index (χ3n) is 4.65. The molecule has 152 valence electrons. The van der Waals surface area contributed by atoms with E-state index in [0.717, 1.165) is 4.88 Å². The number of nitrogens with zero attached hydrogens (tertiary/aromatic N) is 2. The van der Waals surface area contributed by atoms with Crippen LogP contribution in [-0.2, 0) is 9.59 Å². The minimum absolute atomic E-state index is 0.0203. The molecule has 4 rings (SSSR count). The van der Waals surface area contributed by atoms with Gasteiger partial charge in [-0.15, -0.1) is 11.3 Å². The van der Waals surface area contributed by atoms with Crippen LogP contribution in [0.1, 0.15) is 30.3 Å². The Labute approximate surface area is 178 Å². The lowest BCUT2D eigenvalue weighted by molar-refractivity contribution is -0.132. The molecule has 7 heteroatoms. The number of ether oxygens (including phenoxy) is 1. The number of anilines is 1. The van der Waals surface area contributed by atoms with Gasteiger partial charge in [-0.25, -0.2) is 4.98 Å². The lowest BCUT2D eigenvalue weighted by atomic mass is 10.00. The van der Waals surface area contributed by atoms with Gasteiger partial charge in [-0.2, -0.15) is 0 Å². The van der Waals surface area contributed by atoms with Crippen molar-refractivity contribution in [2.75, 3.05) is 4.90 Å². The standard InChI is InChI=1S/C23H20N2O4S/c1-14(2)29-16-10-8-15(9-11-16)21(26)19-20(17-6-5-13-30-17)25(23(28)22(19)27)18-7-3-4-12-24-18/h3-14,20,26H,1-2H3/b21-19+/t20-/m1/s1. The number of carbonyl (C=O) groups excluding carboxylic acids is 2. The summed E-state index contributed by atoms with van der Waals surface area (Å²) in [6, 6.07) is 14.9. The first-order valence-electron chi connectivity index (χ1n) is 9.50. The Hall–Kier alpha value is -3.45. The lowest BCUT2D eigenvalue weighted by Gasteiger charge is -2.23. The molecule has 3 aromatic rings. The molecule has 0 aliphatic carbocycles. The minimum atomic E-state index is -0.744. The van der Waals surface area contributed by atoms with Crippen LogP contribution in [0.4, 0.5) is 5.82 Å². The van der Waals surface area contributed by atoms with Crippen molar-refractivity contribution < 1.29 is 19.4 Å². The van der Waals surface area contributed by atoms with E-state index in [4.69, 9.17) is 4.74 Å². The average molecular weight is 420 g/mol. The molecular formula is C23H20N2O4S. The summed E-state index contributed by atoms with van der Waals surface area (Å²) in [7, 11) is 0. The molecule has 0 spiro atoms. The second kappa shape index (κ2) is 8.12. The fourth-order valence-corrected chi connectivity index (χ4v) is 4.22. The third-order valence-corrected chi connectivity index (χ3v) is 5.58. The minimum Gasteiger partial charge on any atom is -0.507 e. The smallest absolute Gasteiger partial charge is 0.301 e. The fourth-order valence-electron chi connectivity index (χ4n) is 3.40. The molecule has 0 unspecified atom stereocenters. The van der Waals surface area contributed by atoms with Crippen LogP contribution in [0.5, 0.6) is 5.75 Å². The van der Waals surface area contributed by atoms with Crippen molar-refractivity contribution in [3.05, 3.63) is 82.2 Å². The van der Waals surface area contributed by atoms with E-state index in [1.807, 2.05) is 31.4 Å². The number of hydrogen-bond acceptors (Lipinski definition) is 6. The molecule has 1 saturated heterocycles. The highest BCUT2D eigenvalue weighted by Gasteiger charge is 2.47. The van der Waals surface area contributed by atoms with E-state index in [2.05, 4.69) is 4.98 Å². The monoisotopic (exact) mass is 420 g/mol. The topological polar surface area (TPSA) is 79.7 Å². The summed E-state index contributed by atoms with van der Waals surface area (Å²) >= 11 is 1.41. The molecule has 1 aromatic carbocycles. The Morgan fingerprint density at radius 2 is 1.87 bits per heavy atom. The molecule has 6 nitrogen and oxygen atoms in total. The van der Waals surface area contributed by atoms with Crippen molar-refractivity contribution >= 4 is 34.6 Å². The normalized spacial score (nSPS) is 18.2. The number of carbonyl (C=O) groups is 2. The molecule has 1 atom stereocenters. The van der Waals surface area contributed by atoms with Gasteiger partial charge in [0.2, 0.25) is 0 Å². The summed E-state index contributed by atoms with van der Waals surface area (Å²) in [6.07, 6.45) is 1.58. The maximum Gasteiger partial charge on any atom is 0.301 e. The van der Waals surface area contributed by atoms with Crippen molar-refractivity contribution in [3.8, 4) is 5.75 Å². The first kappa shape index (κ1) is 19.8. The van der Waals surface area contributed by atoms with Crippen molar-refractivity contribution in [1.82, 2.24) is 4.98 Å². The average Bonchev–Trinajstić information content (AvgIpc) is 3.35. The zero-order valence-corrected chi connectivity index (χ0v) is 17.3. The second-order valence-electron chi connectivity index (χ2n) is 7.06. The maximum absolute atomic E-state index is 13.0. The predicted octanol–water partition coefficient (Wildman–Crippen LogP) is 4.56. The molecule has 2 aromatic heterocycles. The SMILES string of the molecule is CC(C)Oc1ccc(/C(O)=C2\C(=O)C(=O)N(c3ccccn3)[C@@H]2c2cccs2)cc1. The number of rotatable bonds is 5. The lowest BCUT2D eigenvalue weighted by Crippen LogP contribution is -2.29. The molecule has 3 heterocycles. The van der Waals surface area contributed by atoms with Crippen LogP contribution in [0, 0.1) is 0 Å². The van der Waals surface area contributed by atoms with E-state index in [1.165, 1.54) is 16.2 Å². The predicted molar refractivity (Wildman–Crippen MR) is 116 cm³/mol. The molecule has 1 amide bonds. The molecule has 1 aliphatic rings. The van der Waals surface area contributed by atoms with Gasteiger partial charge in [-0.05, 0) is 61.7 Å². The van der Waals surface area contributed by atoms with Gasteiger partial charge in [0.05, 0.1) is 11.7 Å². The molecule has 1 fully saturated rings. The van der Waals surface area contributed by atoms with E-state index in [0.29, 0.717) is 17.1 Å². The second-order valence-corrected chi connectivity index (χ2v) is 8.04. The maximum atomic E-state index is 13.0. The van der Waals surface area contributed by atoms with Crippen LogP contribution >= 0.6 is 11.3 Å². The van der Waals surface area contributed by atoms with Crippen molar-refractivity contribution in [2.24, 2.45) is 0 Å². The largest absolute Gasteiger partial charge is 0.507 e. The summed E-state index contributed by atoms with van der Waals surface area (Å²) in [5.41, 5.74) is 0.484. The van der Waals surface area contributed by atoms with Gasteiger partial charge >= 0.3 is 5.91 Å². The molecule has 0 saturated carbocycles. The van der Waals surface area contributed by atoms with Crippen LogP contribution in [0.25, 0.3) is 5.76 Å². The third kappa shape index (κ3) is 3.59. The Balaban J connectivity index is 1.82. The van der Waals surface area contributed by atoms with E-state index in [-0.39, 0.29) is 17.4 Å². The highest BCUT2D eigenvalue weighted by Crippen LogP contribution is 2.42. The summed E-state index contributed by atoms with van der Waals surface area (Å²) < 4.78 is 5.63. The molecule has 1 aliphatic heterocycles. The van der Waals surface area contributed by atoms with Crippen molar-refractivity contribution in [2.45, 2.75) is 26.0 Å². The summed E-state index contributed by atoms with van der Waals surface area (Å²) in [5, 5.41) is 12.9. The van der Waals surface area contributed by atoms with E-state index in [9.17, 15) is 14.7 Å². The molecule has 1 N–H and O–H groups in total. The summed E-state index contributed by atoms with van der Waals surface area (Å²) in [6.45, 7) is 3.85. The van der Waals surface area contributed by atoms with Crippen LogP contribution in [0.2, 0.25) is 0 Å². The fraction of sp³-hybridized carbons (Fsp3) is 0.174. The van der Waals surface area contributed by atoms with Gasteiger partial charge in [0, 0.05) is 16.6 Å². The number of amides is 1. The number of hydrogen-bond donors (Lipinski definition) is 1. The molecular weight excluding hydrogens is 400 g/mol. The van der Waals surface area contributed by atoms with Gasteiger partial charge < -0.3 is 9.84 Å². The zero-order chi connectivity index (χ0) is 21.3. The van der Waals surface area contributed by atoms with Gasteiger partial charge in [-0.1, -0.05) is 12.1 Å². The first-order valence-corrected chi connectivity index (χ1v) is 10.4. The van der Waals surface area contributed by atoms with E-state index < -0.39 is 17.7 Å². The quantitative estimate of drug-likeness (QED) is 0.372. The van der Waals surface area contributed by atoms with Gasteiger partial charge in [0.25, 0.3) is 5.78 Å². The van der Waals surface area contributed by atoms with Crippen LogP contribution < -0.4 is 9.64 Å². The number of aliphatic hydroxyl groups excluding tert-OH is 1. The number of Topliss-reactive ketones (excluding diaryl/α,β-unsaturated/α-hetero) is 1. The number of benzene rings is 1. The van der Waals surface area contributed by atoms with Crippen molar-refractivity contribution in [3.63, 3.8) is 0 Å². The Morgan fingerprint density at radius 3 is 2.47 bits per heavy atom. The number of pyridine rings is 1. The number of thiophene rings is 1. The molecule has 30 heavy (non-hydrogen) atoms. The first-order chi connectivity index (χ1) is 14.5. The Kier molecular flexibility index (Phi) is 5.37. The van der Waals surface area contributed by atoms with Crippen LogP contribution in [0.3, 0.4) is 0 Å². The highest BCUT2D eigenvalue weighted by atomic mass is 32.1. The van der Waals surface area contributed by atoms with Gasteiger partial charge in [-0.3, -0.25) is 14.5 Å². The van der Waals surface area contributed by atoms with Gasteiger partial charge in [0.1, 0.15) is 23.4 Å². The van der Waals surface area contributed by atoms with E-state index >= 15 is 0 Å². The van der Waals surface area contributed by atoms with Crippen LogP contribution in [-0.4, -0.2) is 27.9 Å². The highest BCUT2D eigenvalue weighted by molar-refractivity contribution is 7.10. The summed E-state index contributed by atoms with van der Waals surface area (Å²) in [5.74, 6) is -0.656. The van der Waals surface area contributed by atoms with Crippen molar-refractivity contribution in [1.29, 1.82) is 0 Å². The Morgan fingerprint density at radius 1 is 1.10 bits per heavy atom. The number of aliphatic hydroxyl groups is 1. The van der Waals surface area contributed by atoms with Crippen LogP contribution in [0.15, 0.2) is 71.7 Å². The summed E-state index contributed by atoms with van der Waals surface area (Å²) in [4.78, 5) is 32.2. The Bertz CT molecular complexity index is 1090. The number of ketones is 1.